The van der Waals surface area contributed by atoms with E-state index in [1.165, 1.54) is 49.0 Å². The number of pyridine rings is 2. The highest BCUT2D eigenvalue weighted by molar-refractivity contribution is 5.89. The number of hydrogen-bond donors (Lipinski definition) is 0. The highest BCUT2D eigenvalue weighted by Crippen LogP contribution is 2.54. The number of carbonyl (C=O) groups excluding carboxylic acids is 3. The molecule has 4 aliphatic rings. The average molecular weight is 703 g/mol. The molecule has 0 bridgehead atoms. The Kier molecular flexibility index (Phi) is 9.29. The van der Waals surface area contributed by atoms with Gasteiger partial charge in [-0.3, -0.25) is 14.2 Å². The molecule has 0 N–H and O–H groups in total. The smallest absolute Gasteiger partial charge is 0.341 e. The topological polar surface area (TPSA) is 138 Å². The van der Waals surface area contributed by atoms with Gasteiger partial charge in [0.05, 0.1) is 49.8 Å². The van der Waals surface area contributed by atoms with Gasteiger partial charge in [-0.2, -0.15) is 10.2 Å². The first-order valence-corrected chi connectivity index (χ1v) is 17.2. The van der Waals surface area contributed by atoms with Crippen LogP contribution in [0.5, 0.6) is 0 Å². The Labute approximate surface area is 293 Å². The van der Waals surface area contributed by atoms with Gasteiger partial charge in [-0.05, 0) is 51.7 Å². The Bertz CT molecular complexity index is 1920. The number of aldehydes is 1. The van der Waals surface area contributed by atoms with E-state index < -0.39 is 18.4 Å². The molecule has 0 radical (unpaired) electrons. The van der Waals surface area contributed by atoms with E-state index in [1.807, 2.05) is 12.1 Å². The van der Waals surface area contributed by atoms with Crippen LogP contribution in [0.1, 0.15) is 94.0 Å². The van der Waals surface area contributed by atoms with E-state index in [0.29, 0.717) is 52.2 Å². The number of halogens is 2. The first kappa shape index (κ1) is 34.2. The molecule has 4 fully saturated rings. The SMILES string of the molecule is CCOC(=O)c1cnn(Cc2ccc(N3CC4(CC4)C3)nc2C(F)F)c1.CCOC(=O)c1cnn(Cc2ccc(N3CC4(CC4)C3)nc2C=O)c1. The molecule has 4 aromatic rings. The van der Waals surface area contributed by atoms with Crippen LogP contribution in [-0.4, -0.2) is 87.1 Å². The molecule has 8 rings (SSSR count). The molecule has 51 heavy (non-hydrogen) atoms. The molecule has 2 spiro atoms. The zero-order valence-corrected chi connectivity index (χ0v) is 28.6. The molecule has 2 aliphatic carbocycles. The van der Waals surface area contributed by atoms with Crippen LogP contribution in [0.15, 0.2) is 49.1 Å². The van der Waals surface area contributed by atoms with Gasteiger partial charge in [-0.25, -0.2) is 28.3 Å². The third-order valence-corrected chi connectivity index (χ3v) is 9.93. The minimum Gasteiger partial charge on any atom is -0.462 e. The van der Waals surface area contributed by atoms with Crippen LogP contribution in [0.2, 0.25) is 0 Å². The van der Waals surface area contributed by atoms with E-state index in [9.17, 15) is 23.2 Å². The lowest BCUT2D eigenvalue weighted by Crippen LogP contribution is -2.49. The van der Waals surface area contributed by atoms with Crippen LogP contribution in [0.3, 0.4) is 0 Å². The van der Waals surface area contributed by atoms with Crippen molar-refractivity contribution in [2.75, 3.05) is 49.2 Å². The van der Waals surface area contributed by atoms with Gasteiger partial charge in [0.1, 0.15) is 23.0 Å². The van der Waals surface area contributed by atoms with Crippen LogP contribution in [-0.2, 0) is 22.6 Å². The highest BCUT2D eigenvalue weighted by atomic mass is 19.3. The summed E-state index contributed by atoms with van der Waals surface area (Å²) in [4.78, 5) is 47.8. The largest absolute Gasteiger partial charge is 0.462 e. The number of anilines is 2. The van der Waals surface area contributed by atoms with Gasteiger partial charge in [0.2, 0.25) is 0 Å². The maximum absolute atomic E-state index is 13.5. The van der Waals surface area contributed by atoms with E-state index in [4.69, 9.17) is 9.47 Å². The normalized spacial score (nSPS) is 17.4. The van der Waals surface area contributed by atoms with Crippen molar-refractivity contribution in [1.82, 2.24) is 29.5 Å². The number of alkyl halides is 2. The molecule has 0 aromatic carbocycles. The molecule has 2 saturated heterocycles. The molecule has 13 nitrogen and oxygen atoms in total. The minimum absolute atomic E-state index is 0.121. The van der Waals surface area contributed by atoms with Crippen molar-refractivity contribution in [1.29, 1.82) is 0 Å². The summed E-state index contributed by atoms with van der Waals surface area (Å²) >= 11 is 0. The summed E-state index contributed by atoms with van der Waals surface area (Å²) in [7, 11) is 0. The number of aromatic nitrogens is 6. The zero-order valence-electron chi connectivity index (χ0n) is 28.6. The molecule has 6 heterocycles. The van der Waals surface area contributed by atoms with Crippen LogP contribution in [0.4, 0.5) is 20.4 Å². The summed E-state index contributed by atoms with van der Waals surface area (Å²) in [5, 5.41) is 8.22. The molecule has 0 atom stereocenters. The van der Waals surface area contributed by atoms with Crippen molar-refractivity contribution in [3.63, 3.8) is 0 Å². The summed E-state index contributed by atoms with van der Waals surface area (Å²) in [6.07, 6.45) is 9.14. The van der Waals surface area contributed by atoms with Crippen LogP contribution in [0, 0.1) is 10.8 Å². The van der Waals surface area contributed by atoms with E-state index in [1.54, 1.807) is 36.9 Å². The molecular formula is C36H40F2N8O5. The molecule has 0 amide bonds. The van der Waals surface area contributed by atoms with Gasteiger partial charge in [0.25, 0.3) is 6.43 Å². The number of carbonyl (C=O) groups is 3. The highest BCUT2D eigenvalue weighted by Gasteiger charge is 2.53. The molecule has 2 saturated carbocycles. The van der Waals surface area contributed by atoms with Gasteiger partial charge < -0.3 is 19.3 Å². The van der Waals surface area contributed by atoms with Crippen molar-refractivity contribution >= 4 is 29.9 Å². The van der Waals surface area contributed by atoms with Crippen LogP contribution >= 0.6 is 0 Å². The van der Waals surface area contributed by atoms with Crippen molar-refractivity contribution in [2.45, 2.75) is 59.0 Å². The van der Waals surface area contributed by atoms with Crippen molar-refractivity contribution in [2.24, 2.45) is 10.8 Å². The Morgan fingerprint density at radius 1 is 0.765 bits per heavy atom. The van der Waals surface area contributed by atoms with Crippen molar-refractivity contribution in [3.05, 3.63) is 82.7 Å². The quantitative estimate of drug-likeness (QED) is 0.146. The maximum Gasteiger partial charge on any atom is 0.341 e. The monoisotopic (exact) mass is 702 g/mol. The van der Waals surface area contributed by atoms with Crippen LogP contribution in [0.25, 0.3) is 0 Å². The standard InChI is InChI=1S/C18H20F2N4O2.C18H20N4O3/c1-2-26-17(25)13-7-21-24(9-13)8-12-3-4-14(22-15(12)16(19)20)23-10-18(11-23)5-6-18;1-2-25-17(24)14-7-19-22(9-14)8-13-3-4-16(20-15(13)10-23)21-11-18(12-21)5-6-18/h3-4,7,9,16H,2,5-6,8,10-11H2,1H3;3-4,7,9-10H,2,5-6,8,11-12H2,1H3. The molecule has 15 heteroatoms. The van der Waals surface area contributed by atoms with Gasteiger partial charge in [-0.1, -0.05) is 12.1 Å². The lowest BCUT2D eigenvalue weighted by molar-refractivity contribution is 0.0516. The van der Waals surface area contributed by atoms with E-state index in [2.05, 4.69) is 30.0 Å². The molecule has 4 aromatic heterocycles. The summed E-state index contributed by atoms with van der Waals surface area (Å²) in [5.41, 5.74) is 3.03. The Balaban J connectivity index is 0.000000159. The molecule has 268 valence electrons. The van der Waals surface area contributed by atoms with Crippen molar-refractivity contribution in [3.8, 4) is 0 Å². The Hall–Kier alpha value is -5.21. The fourth-order valence-electron chi connectivity index (χ4n) is 6.62. The second-order valence-corrected chi connectivity index (χ2v) is 13.9. The lowest BCUT2D eigenvalue weighted by atomic mass is 9.97. The van der Waals surface area contributed by atoms with Crippen LogP contribution < -0.4 is 9.80 Å². The molecular weight excluding hydrogens is 662 g/mol. The maximum atomic E-state index is 13.5. The third-order valence-electron chi connectivity index (χ3n) is 9.93. The number of hydrogen-bond acceptors (Lipinski definition) is 11. The van der Waals surface area contributed by atoms with Gasteiger partial charge in [-0.15, -0.1) is 0 Å². The molecule has 0 unspecified atom stereocenters. The van der Waals surface area contributed by atoms with E-state index >= 15 is 0 Å². The predicted octanol–water partition coefficient (Wildman–Crippen LogP) is 4.96. The molecule has 2 aliphatic heterocycles. The average Bonchev–Trinajstić information content (AvgIpc) is 3.98. The fourth-order valence-corrected chi connectivity index (χ4v) is 6.62. The number of ether oxygens (including phenoxy) is 2. The summed E-state index contributed by atoms with van der Waals surface area (Å²) in [5.74, 6) is 0.586. The first-order chi connectivity index (χ1) is 24.6. The van der Waals surface area contributed by atoms with Gasteiger partial charge >= 0.3 is 11.9 Å². The summed E-state index contributed by atoms with van der Waals surface area (Å²) in [6.45, 7) is 8.46. The Morgan fingerprint density at radius 2 is 1.24 bits per heavy atom. The predicted molar refractivity (Wildman–Crippen MR) is 181 cm³/mol. The van der Waals surface area contributed by atoms with Gasteiger partial charge in [0, 0.05) is 60.5 Å². The zero-order chi connectivity index (χ0) is 35.8. The van der Waals surface area contributed by atoms with E-state index in [0.717, 1.165) is 43.8 Å². The van der Waals surface area contributed by atoms with Crippen molar-refractivity contribution < 1.29 is 32.6 Å². The lowest BCUT2D eigenvalue weighted by Gasteiger charge is -2.41. The van der Waals surface area contributed by atoms with Gasteiger partial charge in [0.15, 0.2) is 6.29 Å². The second-order valence-electron chi connectivity index (χ2n) is 13.9. The minimum atomic E-state index is -2.67. The first-order valence-electron chi connectivity index (χ1n) is 17.2. The number of nitrogens with zero attached hydrogens (tertiary/aromatic N) is 8. The summed E-state index contributed by atoms with van der Waals surface area (Å²) < 4.78 is 39.9. The fraction of sp³-hybridized carbons (Fsp3) is 0.472. The second kappa shape index (κ2) is 13.8. The van der Waals surface area contributed by atoms with E-state index in [-0.39, 0.29) is 18.8 Å². The Morgan fingerprint density at radius 3 is 1.69 bits per heavy atom. The third kappa shape index (κ3) is 7.47. The number of esters is 2. The summed E-state index contributed by atoms with van der Waals surface area (Å²) in [6, 6.07) is 7.32. The number of rotatable bonds is 12.